The fourth-order valence-corrected chi connectivity index (χ4v) is 2.92. The monoisotopic (exact) mass is 345 g/mol. The molecule has 0 bridgehead atoms. The van der Waals surface area contributed by atoms with Gasteiger partial charge in [0, 0.05) is 13.7 Å². The number of hydrogen-bond donors (Lipinski definition) is 1. The van der Waals surface area contributed by atoms with Crippen LogP contribution in [0.25, 0.3) is 0 Å². The zero-order valence-electron chi connectivity index (χ0n) is 8.43. The van der Waals surface area contributed by atoms with Gasteiger partial charge in [-0.05, 0) is 6.07 Å². The second-order valence-corrected chi connectivity index (χ2v) is 6.58. The lowest BCUT2D eigenvalue weighted by Gasteiger charge is -2.09. The summed E-state index contributed by atoms with van der Waals surface area (Å²) in [6.45, 7) is 0.995. The third-order valence-corrected chi connectivity index (χ3v) is 3.81. The summed E-state index contributed by atoms with van der Waals surface area (Å²) >= 11 is 16.1. The van der Waals surface area contributed by atoms with E-state index in [9.17, 15) is 4.79 Å². The summed E-state index contributed by atoms with van der Waals surface area (Å²) in [4.78, 5) is 11.8. The zero-order valence-corrected chi connectivity index (χ0v) is 12.3. The molecule has 0 fully saturated rings. The molecule has 3 nitrogen and oxygen atoms in total. The van der Waals surface area contributed by atoms with E-state index in [1.54, 1.807) is 13.2 Å². The summed E-state index contributed by atoms with van der Waals surface area (Å²) in [6, 6.07) is 1.56. The molecule has 1 amide bonds. The lowest BCUT2D eigenvalue weighted by molar-refractivity contribution is 0.0950. The molecule has 16 heavy (non-hydrogen) atoms. The van der Waals surface area contributed by atoms with Gasteiger partial charge in [-0.25, -0.2) is 0 Å². The molecule has 1 unspecified atom stereocenters. The predicted molar refractivity (Wildman–Crippen MR) is 71.3 cm³/mol. The van der Waals surface area contributed by atoms with Crippen LogP contribution < -0.4 is 5.32 Å². The van der Waals surface area contributed by atoms with Gasteiger partial charge >= 0.3 is 0 Å². The number of methoxy groups -OCH3 is 1. The Balaban J connectivity index is 2.50. The molecule has 1 heterocycles. The molecule has 0 aliphatic heterocycles. The molecule has 0 saturated carbocycles. The SMILES string of the molecule is COCC(Br)CNC(=O)c1cc(Cl)sc1Cl. The molecule has 1 aromatic heterocycles. The number of amides is 1. The molecular weight excluding hydrogens is 337 g/mol. The quantitative estimate of drug-likeness (QED) is 0.831. The second-order valence-electron chi connectivity index (χ2n) is 3.00. The maximum absolute atomic E-state index is 11.7. The van der Waals surface area contributed by atoms with Crippen molar-refractivity contribution >= 4 is 56.4 Å². The average Bonchev–Trinajstić information content (AvgIpc) is 2.55. The van der Waals surface area contributed by atoms with E-state index in [1.807, 2.05) is 0 Å². The summed E-state index contributed by atoms with van der Waals surface area (Å²) in [5.74, 6) is -0.228. The van der Waals surface area contributed by atoms with Crippen LogP contribution in [0.4, 0.5) is 0 Å². The van der Waals surface area contributed by atoms with E-state index in [-0.39, 0.29) is 10.7 Å². The molecule has 0 aliphatic carbocycles. The number of thiophene rings is 1. The van der Waals surface area contributed by atoms with Gasteiger partial charge in [-0.15, -0.1) is 11.3 Å². The predicted octanol–water partition coefficient (Wildman–Crippen LogP) is 3.19. The first-order chi connectivity index (χ1) is 7.54. The van der Waals surface area contributed by atoms with Gasteiger partial charge in [-0.2, -0.15) is 0 Å². The Labute approximate surface area is 116 Å². The van der Waals surface area contributed by atoms with Gasteiger partial charge in [0.25, 0.3) is 5.91 Å². The third kappa shape index (κ3) is 4.22. The molecule has 0 radical (unpaired) electrons. The van der Waals surface area contributed by atoms with Crippen molar-refractivity contribution in [3.63, 3.8) is 0 Å². The van der Waals surface area contributed by atoms with Crippen molar-refractivity contribution in [2.45, 2.75) is 4.83 Å². The molecule has 1 N–H and O–H groups in total. The second kappa shape index (κ2) is 6.81. The van der Waals surface area contributed by atoms with Crippen LogP contribution in [0.1, 0.15) is 10.4 Å². The molecule has 1 aromatic rings. The van der Waals surface area contributed by atoms with Crippen LogP contribution in [-0.2, 0) is 4.74 Å². The van der Waals surface area contributed by atoms with Gasteiger partial charge < -0.3 is 10.1 Å². The number of ether oxygens (including phenoxy) is 1. The van der Waals surface area contributed by atoms with E-state index in [4.69, 9.17) is 27.9 Å². The molecule has 7 heteroatoms. The Hall–Kier alpha value is 0.190. The lowest BCUT2D eigenvalue weighted by Crippen LogP contribution is -2.31. The highest BCUT2D eigenvalue weighted by Gasteiger charge is 2.14. The third-order valence-electron chi connectivity index (χ3n) is 1.73. The maximum Gasteiger partial charge on any atom is 0.253 e. The Morgan fingerprint density at radius 3 is 2.88 bits per heavy atom. The van der Waals surface area contributed by atoms with E-state index < -0.39 is 0 Å². The molecule has 0 spiro atoms. The Morgan fingerprint density at radius 1 is 1.69 bits per heavy atom. The van der Waals surface area contributed by atoms with Gasteiger partial charge in [0.05, 0.1) is 21.3 Å². The number of alkyl halides is 1. The highest BCUT2D eigenvalue weighted by Crippen LogP contribution is 2.30. The first-order valence-corrected chi connectivity index (χ1v) is 6.89. The normalized spacial score (nSPS) is 12.5. The minimum atomic E-state index is -0.228. The molecule has 0 aromatic carbocycles. The summed E-state index contributed by atoms with van der Waals surface area (Å²) in [5.41, 5.74) is 0.411. The number of rotatable bonds is 5. The van der Waals surface area contributed by atoms with E-state index in [0.717, 1.165) is 0 Å². The maximum atomic E-state index is 11.7. The summed E-state index contributed by atoms with van der Waals surface area (Å²) < 4.78 is 5.83. The standard InChI is InChI=1S/C9H10BrCl2NO2S/c1-15-4-5(10)3-13-9(14)6-2-7(11)16-8(6)12/h2,5H,3-4H2,1H3,(H,13,14). The Bertz CT molecular complexity index is 372. The lowest BCUT2D eigenvalue weighted by atomic mass is 10.3. The van der Waals surface area contributed by atoms with Gasteiger partial charge in [0.15, 0.2) is 0 Å². The largest absolute Gasteiger partial charge is 0.383 e. The van der Waals surface area contributed by atoms with Crippen molar-refractivity contribution in [2.75, 3.05) is 20.3 Å². The topological polar surface area (TPSA) is 38.3 Å². The highest BCUT2D eigenvalue weighted by molar-refractivity contribution is 9.09. The first kappa shape index (κ1) is 14.3. The van der Waals surface area contributed by atoms with Crippen molar-refractivity contribution in [1.29, 1.82) is 0 Å². The Morgan fingerprint density at radius 2 is 2.38 bits per heavy atom. The molecule has 0 saturated heterocycles. The van der Waals surface area contributed by atoms with Gasteiger partial charge in [0.2, 0.25) is 0 Å². The van der Waals surface area contributed by atoms with Crippen LogP contribution in [0.5, 0.6) is 0 Å². The van der Waals surface area contributed by atoms with Crippen molar-refractivity contribution in [3.05, 3.63) is 20.3 Å². The molecule has 1 atom stereocenters. The van der Waals surface area contributed by atoms with Crippen LogP contribution in [0.2, 0.25) is 8.67 Å². The minimum absolute atomic E-state index is 0.0781. The van der Waals surface area contributed by atoms with Crippen LogP contribution in [0.15, 0.2) is 6.07 Å². The van der Waals surface area contributed by atoms with Crippen molar-refractivity contribution in [2.24, 2.45) is 0 Å². The number of carbonyl (C=O) groups excluding carboxylic acids is 1. The van der Waals surface area contributed by atoms with Crippen molar-refractivity contribution < 1.29 is 9.53 Å². The van der Waals surface area contributed by atoms with Crippen LogP contribution >= 0.6 is 50.5 Å². The van der Waals surface area contributed by atoms with Crippen molar-refractivity contribution in [1.82, 2.24) is 5.32 Å². The summed E-state index contributed by atoms with van der Waals surface area (Å²) in [5, 5.41) is 2.74. The van der Waals surface area contributed by atoms with Crippen LogP contribution in [0.3, 0.4) is 0 Å². The molecule has 90 valence electrons. The number of carbonyl (C=O) groups is 1. The van der Waals surface area contributed by atoms with E-state index >= 15 is 0 Å². The average molecular weight is 347 g/mol. The number of halogens is 3. The minimum Gasteiger partial charge on any atom is -0.383 e. The summed E-state index contributed by atoms with van der Waals surface area (Å²) in [7, 11) is 1.60. The summed E-state index contributed by atoms with van der Waals surface area (Å²) in [6.07, 6.45) is 0. The van der Waals surface area contributed by atoms with Gasteiger partial charge in [-0.3, -0.25) is 4.79 Å². The van der Waals surface area contributed by atoms with E-state index in [0.29, 0.717) is 27.4 Å². The number of nitrogens with one attached hydrogen (secondary N) is 1. The number of hydrogen-bond acceptors (Lipinski definition) is 3. The fourth-order valence-electron chi connectivity index (χ4n) is 1.03. The molecular formula is C9H10BrCl2NO2S. The van der Waals surface area contributed by atoms with Gasteiger partial charge in [0.1, 0.15) is 4.34 Å². The van der Waals surface area contributed by atoms with Gasteiger partial charge in [-0.1, -0.05) is 39.1 Å². The van der Waals surface area contributed by atoms with E-state index in [1.165, 1.54) is 11.3 Å². The zero-order chi connectivity index (χ0) is 12.1. The van der Waals surface area contributed by atoms with E-state index in [2.05, 4.69) is 21.2 Å². The highest BCUT2D eigenvalue weighted by atomic mass is 79.9. The van der Waals surface area contributed by atoms with Crippen LogP contribution in [0, 0.1) is 0 Å². The molecule has 1 rings (SSSR count). The Kier molecular flexibility index (Phi) is 6.07. The van der Waals surface area contributed by atoms with Crippen LogP contribution in [-0.4, -0.2) is 31.0 Å². The fraction of sp³-hybridized carbons (Fsp3) is 0.444. The van der Waals surface area contributed by atoms with Crippen molar-refractivity contribution in [3.8, 4) is 0 Å². The first-order valence-electron chi connectivity index (χ1n) is 4.40. The smallest absolute Gasteiger partial charge is 0.253 e. The molecule has 0 aliphatic rings.